The number of nitrogens with zero attached hydrogens (tertiary/aromatic N) is 2. The van der Waals surface area contributed by atoms with E-state index in [-0.39, 0.29) is 21.5 Å². The van der Waals surface area contributed by atoms with Crippen LogP contribution in [0, 0.1) is 17.2 Å². The van der Waals surface area contributed by atoms with Gasteiger partial charge in [0, 0.05) is 18.7 Å². The van der Waals surface area contributed by atoms with Gasteiger partial charge in [-0.05, 0) is 45.8 Å². The van der Waals surface area contributed by atoms with Gasteiger partial charge in [0.05, 0.1) is 10.2 Å². The maximum absolute atomic E-state index is 14.6. The Labute approximate surface area is 132 Å². The third kappa shape index (κ3) is 3.15. The van der Waals surface area contributed by atoms with E-state index in [4.69, 9.17) is 10.9 Å². The lowest BCUT2D eigenvalue weighted by Crippen LogP contribution is -2.26. The summed E-state index contributed by atoms with van der Waals surface area (Å²) in [7, 11) is 0. The molecule has 1 saturated heterocycles. The normalized spacial score (nSPS) is 20.1. The summed E-state index contributed by atoms with van der Waals surface area (Å²) in [5.74, 6) is 0.0643. The molecule has 0 aliphatic carbocycles. The van der Waals surface area contributed by atoms with Crippen LogP contribution in [0.15, 0.2) is 21.8 Å². The SMILES string of the molecule is CC(C)(C)C1CCN(c2ccc(/C(N)=N/O)c(Br)c2F)C1. The Morgan fingerprint density at radius 3 is 2.67 bits per heavy atom. The maximum atomic E-state index is 14.6. The van der Waals surface area contributed by atoms with Gasteiger partial charge in [-0.15, -0.1) is 0 Å². The molecule has 1 aromatic carbocycles. The molecule has 2 rings (SSSR count). The summed E-state index contributed by atoms with van der Waals surface area (Å²) in [5, 5.41) is 11.6. The van der Waals surface area contributed by atoms with Crippen molar-refractivity contribution in [1.29, 1.82) is 0 Å². The zero-order valence-corrected chi connectivity index (χ0v) is 14.1. The summed E-state index contributed by atoms with van der Waals surface area (Å²) < 4.78 is 14.8. The van der Waals surface area contributed by atoms with Crippen LogP contribution in [0.5, 0.6) is 0 Å². The van der Waals surface area contributed by atoms with Gasteiger partial charge in [0.1, 0.15) is 0 Å². The minimum Gasteiger partial charge on any atom is -0.409 e. The zero-order valence-electron chi connectivity index (χ0n) is 12.5. The van der Waals surface area contributed by atoms with Crippen molar-refractivity contribution in [3.8, 4) is 0 Å². The largest absolute Gasteiger partial charge is 0.409 e. The van der Waals surface area contributed by atoms with E-state index in [1.165, 1.54) is 0 Å². The monoisotopic (exact) mass is 357 g/mol. The van der Waals surface area contributed by atoms with Gasteiger partial charge in [-0.3, -0.25) is 0 Å². The lowest BCUT2D eigenvalue weighted by atomic mass is 9.80. The minimum atomic E-state index is -0.367. The van der Waals surface area contributed by atoms with Crippen LogP contribution in [0.3, 0.4) is 0 Å². The fourth-order valence-corrected chi connectivity index (χ4v) is 3.26. The zero-order chi connectivity index (χ0) is 15.8. The molecule has 1 fully saturated rings. The van der Waals surface area contributed by atoms with Crippen molar-refractivity contribution < 1.29 is 9.60 Å². The number of nitrogens with two attached hydrogens (primary N) is 1. The van der Waals surface area contributed by atoms with E-state index >= 15 is 0 Å². The molecule has 0 amide bonds. The van der Waals surface area contributed by atoms with Gasteiger partial charge < -0.3 is 15.8 Å². The Bertz CT molecular complexity index is 569. The number of hydrogen-bond acceptors (Lipinski definition) is 3. The smallest absolute Gasteiger partial charge is 0.171 e. The second-order valence-electron chi connectivity index (χ2n) is 6.54. The molecular formula is C15H21BrFN3O. The fraction of sp³-hybridized carbons (Fsp3) is 0.533. The number of benzene rings is 1. The molecule has 6 heteroatoms. The van der Waals surface area contributed by atoms with E-state index in [1.807, 2.05) is 0 Å². The van der Waals surface area contributed by atoms with Crippen molar-refractivity contribution in [3.63, 3.8) is 0 Å². The van der Waals surface area contributed by atoms with Crippen LogP contribution in [-0.4, -0.2) is 24.1 Å². The lowest BCUT2D eigenvalue weighted by molar-refractivity contribution is 0.263. The van der Waals surface area contributed by atoms with E-state index in [1.54, 1.807) is 12.1 Å². The van der Waals surface area contributed by atoms with Crippen molar-refractivity contribution in [3.05, 3.63) is 28.0 Å². The first-order valence-corrected chi connectivity index (χ1v) is 7.76. The molecular weight excluding hydrogens is 337 g/mol. The number of halogens is 2. The van der Waals surface area contributed by atoms with Crippen LogP contribution in [-0.2, 0) is 0 Å². The van der Waals surface area contributed by atoms with Gasteiger partial charge in [0.2, 0.25) is 0 Å². The first kappa shape index (κ1) is 16.1. The predicted molar refractivity (Wildman–Crippen MR) is 86.4 cm³/mol. The summed E-state index contributed by atoms with van der Waals surface area (Å²) in [6.45, 7) is 8.34. The molecule has 0 radical (unpaired) electrons. The number of hydrogen-bond donors (Lipinski definition) is 2. The third-order valence-electron chi connectivity index (χ3n) is 4.20. The van der Waals surface area contributed by atoms with E-state index < -0.39 is 0 Å². The summed E-state index contributed by atoms with van der Waals surface area (Å²) in [4.78, 5) is 2.06. The first-order chi connectivity index (χ1) is 9.75. The van der Waals surface area contributed by atoms with E-state index in [9.17, 15) is 4.39 Å². The predicted octanol–water partition coefficient (Wildman–Crippen LogP) is 3.56. The molecule has 1 aromatic rings. The molecule has 3 N–H and O–H groups in total. The molecule has 1 unspecified atom stereocenters. The summed E-state index contributed by atoms with van der Waals surface area (Å²) >= 11 is 3.20. The standard InChI is InChI=1S/C15H21BrFN3O/c1-15(2,3)9-6-7-20(8-9)11-5-4-10(14(18)19-21)12(16)13(11)17/h4-5,9,21H,6-8H2,1-3H3,(H2,18,19). The van der Waals surface area contributed by atoms with Crippen molar-refractivity contribution in [2.45, 2.75) is 27.2 Å². The Morgan fingerprint density at radius 1 is 1.48 bits per heavy atom. The second-order valence-corrected chi connectivity index (χ2v) is 7.34. The van der Waals surface area contributed by atoms with Gasteiger partial charge in [0.15, 0.2) is 11.7 Å². The molecule has 1 heterocycles. The second kappa shape index (κ2) is 5.83. The van der Waals surface area contributed by atoms with Gasteiger partial charge >= 0.3 is 0 Å². The van der Waals surface area contributed by atoms with Crippen molar-refractivity contribution >= 4 is 27.5 Å². The molecule has 0 spiro atoms. The van der Waals surface area contributed by atoms with E-state index in [0.29, 0.717) is 17.2 Å². The highest BCUT2D eigenvalue weighted by molar-refractivity contribution is 9.10. The Kier molecular flexibility index (Phi) is 4.46. The number of rotatable bonds is 2. The highest BCUT2D eigenvalue weighted by atomic mass is 79.9. The summed E-state index contributed by atoms with van der Waals surface area (Å²) in [6.07, 6.45) is 1.06. The quantitative estimate of drug-likeness (QED) is 0.368. The molecule has 0 aromatic heterocycles. The van der Waals surface area contributed by atoms with E-state index in [0.717, 1.165) is 19.5 Å². The van der Waals surface area contributed by atoms with Crippen LogP contribution >= 0.6 is 15.9 Å². The maximum Gasteiger partial charge on any atom is 0.171 e. The molecule has 1 aliphatic rings. The summed E-state index contributed by atoms with van der Waals surface area (Å²) in [5.41, 5.74) is 6.67. The van der Waals surface area contributed by atoms with Crippen molar-refractivity contribution in [2.75, 3.05) is 18.0 Å². The van der Waals surface area contributed by atoms with Crippen LogP contribution < -0.4 is 10.6 Å². The molecule has 1 aliphatic heterocycles. The van der Waals surface area contributed by atoms with Gasteiger partial charge in [-0.2, -0.15) is 0 Å². The van der Waals surface area contributed by atoms with Crippen LogP contribution in [0.25, 0.3) is 0 Å². The number of anilines is 1. The molecule has 4 nitrogen and oxygen atoms in total. The average Bonchev–Trinajstić information content (AvgIpc) is 2.90. The average molecular weight is 358 g/mol. The van der Waals surface area contributed by atoms with Crippen LogP contribution in [0.2, 0.25) is 0 Å². The van der Waals surface area contributed by atoms with Gasteiger partial charge in [0.25, 0.3) is 0 Å². The molecule has 116 valence electrons. The Morgan fingerprint density at radius 2 is 2.14 bits per heavy atom. The topological polar surface area (TPSA) is 61.8 Å². The highest BCUT2D eigenvalue weighted by Gasteiger charge is 2.33. The highest BCUT2D eigenvalue weighted by Crippen LogP contribution is 2.38. The van der Waals surface area contributed by atoms with Crippen LogP contribution in [0.1, 0.15) is 32.8 Å². The first-order valence-electron chi connectivity index (χ1n) is 6.96. The van der Waals surface area contributed by atoms with Crippen molar-refractivity contribution in [2.24, 2.45) is 22.2 Å². The van der Waals surface area contributed by atoms with Gasteiger partial charge in [-0.1, -0.05) is 25.9 Å². The fourth-order valence-electron chi connectivity index (χ4n) is 2.72. The Hall–Kier alpha value is -1.30. The number of amidine groups is 1. The Balaban J connectivity index is 2.29. The van der Waals surface area contributed by atoms with Crippen molar-refractivity contribution in [1.82, 2.24) is 0 Å². The lowest BCUT2D eigenvalue weighted by Gasteiger charge is -2.27. The molecule has 21 heavy (non-hydrogen) atoms. The summed E-state index contributed by atoms with van der Waals surface area (Å²) in [6, 6.07) is 3.36. The molecule has 0 bridgehead atoms. The third-order valence-corrected chi connectivity index (χ3v) is 4.97. The van der Waals surface area contributed by atoms with Crippen LogP contribution in [0.4, 0.5) is 10.1 Å². The minimum absolute atomic E-state index is 0.110. The number of oxime groups is 1. The van der Waals surface area contributed by atoms with Gasteiger partial charge in [-0.25, -0.2) is 4.39 Å². The molecule has 1 atom stereocenters. The molecule has 0 saturated carbocycles. The van der Waals surface area contributed by atoms with E-state index in [2.05, 4.69) is 46.8 Å².